The highest BCUT2D eigenvalue weighted by molar-refractivity contribution is 5.24. The maximum absolute atomic E-state index is 12.6. The fraction of sp³-hybridized carbons (Fsp3) is 0.333. The van der Waals surface area contributed by atoms with Crippen molar-refractivity contribution in [2.75, 3.05) is 6.61 Å². The number of alkyl halides is 3. The van der Waals surface area contributed by atoms with Crippen molar-refractivity contribution in [2.24, 2.45) is 0 Å². The molecule has 3 heterocycles. The zero-order chi connectivity index (χ0) is 16.6. The van der Waals surface area contributed by atoms with Crippen LogP contribution in [-0.2, 0) is 12.7 Å². The summed E-state index contributed by atoms with van der Waals surface area (Å²) in [5, 5.41) is 10.6. The van der Waals surface area contributed by atoms with E-state index in [4.69, 9.17) is 9.47 Å². The number of fused-ring (bicyclic) bond motifs is 1. The molecule has 0 radical (unpaired) electrons. The van der Waals surface area contributed by atoms with Crippen LogP contribution in [-0.4, -0.2) is 32.2 Å². The SMILES string of the molecule is O=[N+]([O-])c1cn2c(n1)OC[C@H](Oc1cc(C(F)(F)F)ccn1)C2. The van der Waals surface area contributed by atoms with Gasteiger partial charge in [0.15, 0.2) is 6.10 Å². The quantitative estimate of drug-likeness (QED) is 0.632. The van der Waals surface area contributed by atoms with Gasteiger partial charge < -0.3 is 19.6 Å². The molecule has 122 valence electrons. The second kappa shape index (κ2) is 5.41. The van der Waals surface area contributed by atoms with E-state index in [-0.39, 0.29) is 30.9 Å². The van der Waals surface area contributed by atoms with E-state index >= 15 is 0 Å². The Hall–Kier alpha value is -2.85. The van der Waals surface area contributed by atoms with Crippen LogP contribution in [0.1, 0.15) is 5.56 Å². The third-order valence-electron chi connectivity index (χ3n) is 3.06. The van der Waals surface area contributed by atoms with Gasteiger partial charge in [0, 0.05) is 17.2 Å². The van der Waals surface area contributed by atoms with Crippen LogP contribution in [0.4, 0.5) is 19.0 Å². The van der Waals surface area contributed by atoms with Crippen LogP contribution in [0.3, 0.4) is 0 Å². The molecule has 0 fully saturated rings. The Morgan fingerprint density at radius 2 is 2.26 bits per heavy atom. The molecule has 0 unspecified atom stereocenters. The highest BCUT2D eigenvalue weighted by Gasteiger charge is 2.32. The molecule has 0 saturated carbocycles. The average molecular weight is 330 g/mol. The van der Waals surface area contributed by atoms with E-state index in [9.17, 15) is 23.3 Å². The summed E-state index contributed by atoms with van der Waals surface area (Å²) in [5.74, 6) is -0.579. The molecule has 23 heavy (non-hydrogen) atoms. The first-order valence-electron chi connectivity index (χ1n) is 6.37. The second-order valence-electron chi connectivity index (χ2n) is 4.72. The predicted molar refractivity (Wildman–Crippen MR) is 68.0 cm³/mol. The van der Waals surface area contributed by atoms with Gasteiger partial charge in [0.25, 0.3) is 0 Å². The van der Waals surface area contributed by atoms with Crippen molar-refractivity contribution >= 4 is 5.82 Å². The number of hydrogen-bond acceptors (Lipinski definition) is 6. The fourth-order valence-electron chi connectivity index (χ4n) is 2.05. The van der Waals surface area contributed by atoms with Gasteiger partial charge in [0.1, 0.15) is 12.8 Å². The highest BCUT2D eigenvalue weighted by Crippen LogP contribution is 2.31. The molecule has 0 N–H and O–H groups in total. The summed E-state index contributed by atoms with van der Waals surface area (Å²) in [6, 6.07) is 1.68. The van der Waals surface area contributed by atoms with Gasteiger partial charge in [-0.2, -0.15) is 13.2 Å². The molecule has 2 aromatic rings. The molecule has 1 aliphatic heterocycles. The van der Waals surface area contributed by atoms with Gasteiger partial charge in [-0.1, -0.05) is 0 Å². The van der Waals surface area contributed by atoms with Crippen molar-refractivity contribution < 1.29 is 27.6 Å². The molecule has 0 bridgehead atoms. The minimum absolute atomic E-state index is 0.00784. The van der Waals surface area contributed by atoms with Crippen LogP contribution >= 0.6 is 0 Å². The van der Waals surface area contributed by atoms with Gasteiger partial charge in [0.2, 0.25) is 5.88 Å². The Bertz CT molecular complexity index is 746. The van der Waals surface area contributed by atoms with E-state index in [1.165, 1.54) is 10.8 Å². The van der Waals surface area contributed by atoms with Crippen LogP contribution in [0.5, 0.6) is 11.9 Å². The molecule has 0 spiro atoms. The lowest BCUT2D eigenvalue weighted by molar-refractivity contribution is -0.389. The number of imidazole rings is 1. The molecule has 1 aliphatic rings. The lowest BCUT2D eigenvalue weighted by atomic mass is 10.2. The number of halogens is 3. The smallest absolute Gasteiger partial charge is 0.416 e. The Labute approximate surface area is 126 Å². The van der Waals surface area contributed by atoms with E-state index in [0.29, 0.717) is 0 Å². The zero-order valence-electron chi connectivity index (χ0n) is 11.4. The molecular weight excluding hydrogens is 321 g/mol. The number of pyridine rings is 1. The maximum atomic E-state index is 12.6. The third-order valence-corrected chi connectivity index (χ3v) is 3.06. The highest BCUT2D eigenvalue weighted by atomic mass is 19.4. The van der Waals surface area contributed by atoms with Gasteiger partial charge >= 0.3 is 18.0 Å². The van der Waals surface area contributed by atoms with Crippen molar-refractivity contribution in [3.8, 4) is 11.9 Å². The van der Waals surface area contributed by atoms with Gasteiger partial charge in [-0.3, -0.25) is 4.57 Å². The van der Waals surface area contributed by atoms with Crippen LogP contribution in [0.25, 0.3) is 0 Å². The summed E-state index contributed by atoms with van der Waals surface area (Å²) in [5.41, 5.74) is -0.877. The van der Waals surface area contributed by atoms with Crippen molar-refractivity contribution in [1.29, 1.82) is 0 Å². The molecule has 3 rings (SSSR count). The average Bonchev–Trinajstić information content (AvgIpc) is 2.90. The normalized spacial score (nSPS) is 17.3. The number of nitro groups is 1. The molecule has 0 aromatic carbocycles. The number of nitrogens with zero attached hydrogens (tertiary/aromatic N) is 4. The van der Waals surface area contributed by atoms with Crippen LogP contribution in [0.15, 0.2) is 24.5 Å². The molecular formula is C12H9F3N4O4. The summed E-state index contributed by atoms with van der Waals surface area (Å²) in [6.45, 7) is 0.139. The Morgan fingerprint density at radius 3 is 2.96 bits per heavy atom. The summed E-state index contributed by atoms with van der Waals surface area (Å²) in [6.07, 6.45) is -2.98. The molecule has 8 nitrogen and oxygen atoms in total. The third kappa shape index (κ3) is 3.17. The van der Waals surface area contributed by atoms with Gasteiger partial charge in [-0.05, 0) is 11.0 Å². The molecule has 1 atom stereocenters. The number of hydrogen-bond donors (Lipinski definition) is 0. The second-order valence-corrected chi connectivity index (χ2v) is 4.72. The lowest BCUT2D eigenvalue weighted by Crippen LogP contribution is -2.34. The Morgan fingerprint density at radius 1 is 1.48 bits per heavy atom. The molecule has 0 saturated heterocycles. The van der Waals surface area contributed by atoms with E-state index in [2.05, 4.69) is 9.97 Å². The number of rotatable bonds is 3. The maximum Gasteiger partial charge on any atom is 0.416 e. The molecule has 0 aliphatic carbocycles. The summed E-state index contributed by atoms with van der Waals surface area (Å²) < 4.78 is 49.8. The Kier molecular flexibility index (Phi) is 3.54. The zero-order valence-corrected chi connectivity index (χ0v) is 11.4. The van der Waals surface area contributed by atoms with Crippen molar-refractivity contribution in [3.63, 3.8) is 0 Å². The van der Waals surface area contributed by atoms with Crippen molar-refractivity contribution in [1.82, 2.24) is 14.5 Å². The number of ether oxygens (including phenoxy) is 2. The Balaban J connectivity index is 1.73. The first-order chi connectivity index (χ1) is 10.8. The van der Waals surface area contributed by atoms with Crippen molar-refractivity contribution in [3.05, 3.63) is 40.2 Å². The lowest BCUT2D eigenvalue weighted by Gasteiger charge is -2.22. The van der Waals surface area contributed by atoms with Gasteiger partial charge in [-0.15, -0.1) is 0 Å². The minimum Gasteiger partial charge on any atom is -0.469 e. The first kappa shape index (κ1) is 15.1. The van der Waals surface area contributed by atoms with Crippen molar-refractivity contribution in [2.45, 2.75) is 18.8 Å². The fourth-order valence-corrected chi connectivity index (χ4v) is 2.05. The van der Waals surface area contributed by atoms with E-state index in [0.717, 1.165) is 18.3 Å². The molecule has 11 heteroatoms. The van der Waals surface area contributed by atoms with Crippen LogP contribution < -0.4 is 9.47 Å². The predicted octanol–water partition coefficient (Wildman–Crippen LogP) is 2.05. The minimum atomic E-state index is -4.50. The molecule has 2 aromatic heterocycles. The summed E-state index contributed by atoms with van der Waals surface area (Å²) in [7, 11) is 0. The standard InChI is InChI=1S/C12H9F3N4O4/c13-12(14,15)7-1-2-16-10(3-7)23-8-4-18-5-9(19(20)21)17-11(18)22-6-8/h1-3,5,8H,4,6H2/t8-/m1/s1. The van der Waals surface area contributed by atoms with Crippen LogP contribution in [0, 0.1) is 10.1 Å². The van der Waals surface area contributed by atoms with E-state index in [1.807, 2.05) is 0 Å². The van der Waals surface area contributed by atoms with Gasteiger partial charge in [0.05, 0.1) is 12.1 Å². The molecule has 0 amide bonds. The number of aromatic nitrogens is 3. The largest absolute Gasteiger partial charge is 0.469 e. The van der Waals surface area contributed by atoms with E-state index in [1.54, 1.807) is 0 Å². The van der Waals surface area contributed by atoms with Crippen LogP contribution in [0.2, 0.25) is 0 Å². The topological polar surface area (TPSA) is 92.3 Å². The monoisotopic (exact) mass is 330 g/mol. The first-order valence-corrected chi connectivity index (χ1v) is 6.37. The summed E-state index contributed by atoms with van der Waals surface area (Å²) in [4.78, 5) is 17.4. The summed E-state index contributed by atoms with van der Waals surface area (Å²) >= 11 is 0. The van der Waals surface area contributed by atoms with E-state index < -0.39 is 22.8 Å². The van der Waals surface area contributed by atoms with Gasteiger partial charge in [-0.25, -0.2) is 4.98 Å².